The summed E-state index contributed by atoms with van der Waals surface area (Å²) in [6.07, 6.45) is 1.45. The van der Waals surface area contributed by atoms with Gasteiger partial charge in [0.15, 0.2) is 0 Å². The van der Waals surface area contributed by atoms with Gasteiger partial charge in [-0.2, -0.15) is 0 Å². The van der Waals surface area contributed by atoms with Crippen molar-refractivity contribution in [3.8, 4) is 0 Å². The van der Waals surface area contributed by atoms with Gasteiger partial charge in [0.25, 0.3) is 6.29 Å². The van der Waals surface area contributed by atoms with Crippen LogP contribution in [0.3, 0.4) is 0 Å². The molecule has 0 aliphatic heterocycles. The third-order valence-electron chi connectivity index (χ3n) is 2.60. The fraction of sp³-hybridized carbons (Fsp3) is 0.929. The van der Waals surface area contributed by atoms with Crippen molar-refractivity contribution >= 4 is 6.16 Å². The van der Waals surface area contributed by atoms with Crippen LogP contribution in [-0.4, -0.2) is 53.3 Å². The molecule has 0 heterocycles. The zero-order valence-electron chi connectivity index (χ0n) is 14.7. The molecule has 0 radical (unpaired) electrons. The van der Waals surface area contributed by atoms with Gasteiger partial charge in [-0.1, -0.05) is 12.8 Å². The Morgan fingerprint density at radius 2 is 1.91 bits per heavy atom. The number of carbonyl (C=O) groups excluding carboxylic acids is 1. The highest BCUT2D eigenvalue weighted by Crippen LogP contribution is 2.09. The Balaban J connectivity index is 4.04. The molecule has 0 amide bonds. The minimum absolute atomic E-state index is 0.183. The Labute approximate surface area is 137 Å². The molecule has 136 valence electrons. The molecule has 0 aromatic carbocycles. The van der Waals surface area contributed by atoms with Crippen LogP contribution in [0.4, 0.5) is 4.79 Å². The van der Waals surface area contributed by atoms with E-state index in [9.17, 15) is 10.0 Å². The van der Waals surface area contributed by atoms with E-state index in [1.165, 1.54) is 11.9 Å². The lowest BCUT2D eigenvalue weighted by atomic mass is 10.2. The Morgan fingerprint density at radius 3 is 2.48 bits per heavy atom. The van der Waals surface area contributed by atoms with Crippen molar-refractivity contribution < 1.29 is 29.2 Å². The van der Waals surface area contributed by atoms with Crippen molar-refractivity contribution in [2.45, 2.75) is 65.3 Å². The molecule has 0 aliphatic carbocycles. The van der Waals surface area contributed by atoms with Crippen molar-refractivity contribution in [2.75, 3.05) is 20.2 Å². The number of unbranched alkanes of at least 4 members (excludes halogenated alkanes) is 3. The molecule has 1 N–H and O–H groups in total. The van der Waals surface area contributed by atoms with E-state index in [0.29, 0.717) is 11.5 Å². The van der Waals surface area contributed by atoms with Crippen molar-refractivity contribution in [3.63, 3.8) is 0 Å². The van der Waals surface area contributed by atoms with E-state index in [-0.39, 0.29) is 6.61 Å². The average molecular weight is 335 g/mol. The van der Waals surface area contributed by atoms with E-state index in [1.54, 1.807) is 27.8 Å². The smallest absolute Gasteiger partial charge is 0.511 e. The van der Waals surface area contributed by atoms with Crippen LogP contribution < -0.4 is 0 Å². The summed E-state index contributed by atoms with van der Waals surface area (Å²) in [5.41, 5.74) is -0.672. The third kappa shape index (κ3) is 12.5. The van der Waals surface area contributed by atoms with Gasteiger partial charge in [-0.3, -0.25) is 4.84 Å². The van der Waals surface area contributed by atoms with Crippen LogP contribution in [0.2, 0.25) is 0 Å². The minimum Gasteiger partial charge on any atom is -0.569 e. The molecule has 23 heavy (non-hydrogen) atoms. The number of carbonyl (C=O) groups is 1. The highest BCUT2D eigenvalue weighted by atomic mass is 16.8. The zero-order chi connectivity index (χ0) is 17.9. The lowest BCUT2D eigenvalue weighted by Crippen LogP contribution is -2.29. The van der Waals surface area contributed by atoms with Crippen molar-refractivity contribution in [2.24, 2.45) is 5.28 Å². The van der Waals surface area contributed by atoms with Crippen molar-refractivity contribution in [1.29, 1.82) is 0 Å². The zero-order valence-corrected chi connectivity index (χ0v) is 14.7. The van der Waals surface area contributed by atoms with E-state index in [1.807, 2.05) is 0 Å². The molecular weight excluding hydrogens is 306 g/mol. The Hall–Kier alpha value is -1.77. The molecular formula is C14H29N3O6. The van der Waals surface area contributed by atoms with Crippen LogP contribution in [0.15, 0.2) is 5.28 Å². The van der Waals surface area contributed by atoms with Crippen LogP contribution in [-0.2, 0) is 14.3 Å². The van der Waals surface area contributed by atoms with Gasteiger partial charge in [0.1, 0.15) is 5.60 Å². The number of hydrogen-bond acceptors (Lipinski definition) is 7. The predicted molar refractivity (Wildman–Crippen MR) is 82.1 cm³/mol. The largest absolute Gasteiger partial charge is 0.569 e. The molecule has 0 bridgehead atoms. The number of ether oxygens (including phenoxy) is 2. The molecule has 0 aromatic rings. The molecule has 9 heteroatoms. The molecule has 0 saturated heterocycles. The molecule has 9 nitrogen and oxygen atoms in total. The van der Waals surface area contributed by atoms with Gasteiger partial charge in [-0.05, 0) is 33.6 Å². The second-order valence-corrected chi connectivity index (χ2v) is 6.11. The van der Waals surface area contributed by atoms with E-state index < -0.39 is 18.0 Å². The van der Waals surface area contributed by atoms with Crippen LogP contribution in [0.5, 0.6) is 0 Å². The standard InChI is InChI=1S/C14H29N3O6/c1-12(21-13(19)22-14(2,3)4)23-15-17(20)16(5)10-8-6-7-9-11-18/h12,18H,6-11H2,1-5H3. The topological polar surface area (TPSA) is 107 Å². The van der Waals surface area contributed by atoms with Crippen LogP contribution in [0.1, 0.15) is 53.4 Å². The summed E-state index contributed by atoms with van der Waals surface area (Å²) in [5, 5.41) is 24.9. The normalized spacial score (nSPS) is 13.4. The van der Waals surface area contributed by atoms with E-state index in [0.717, 1.165) is 25.7 Å². The van der Waals surface area contributed by atoms with Gasteiger partial charge in [0, 0.05) is 13.5 Å². The first-order chi connectivity index (χ1) is 10.7. The highest BCUT2D eigenvalue weighted by Gasteiger charge is 2.20. The van der Waals surface area contributed by atoms with Crippen LogP contribution in [0, 0.1) is 5.21 Å². The first-order valence-electron chi connectivity index (χ1n) is 7.71. The van der Waals surface area contributed by atoms with Gasteiger partial charge >= 0.3 is 6.16 Å². The summed E-state index contributed by atoms with van der Waals surface area (Å²) in [7, 11) is 1.57. The molecule has 0 aromatic heterocycles. The quantitative estimate of drug-likeness (QED) is 0.163. The molecule has 0 rings (SSSR count). The Kier molecular flexibility index (Phi) is 10.0. The first-order valence-corrected chi connectivity index (χ1v) is 7.71. The van der Waals surface area contributed by atoms with E-state index in [2.05, 4.69) is 5.28 Å². The fourth-order valence-electron chi connectivity index (χ4n) is 1.49. The molecule has 0 spiro atoms. The SMILES string of the molecule is CC(ON=[N+]([O-])N(C)CCCCCCO)OC(=O)OC(C)(C)C. The third-order valence-corrected chi connectivity index (χ3v) is 2.60. The van der Waals surface area contributed by atoms with Gasteiger partial charge < -0.3 is 19.8 Å². The number of aliphatic hydroxyl groups excluding tert-OH is 1. The number of hydrogen-bond donors (Lipinski definition) is 1. The lowest BCUT2D eigenvalue weighted by Gasteiger charge is -2.20. The summed E-state index contributed by atoms with van der Waals surface area (Å²) < 4.78 is 9.74. The van der Waals surface area contributed by atoms with Gasteiger partial charge in [-0.25, -0.2) is 4.79 Å². The minimum atomic E-state index is -1.04. The lowest BCUT2D eigenvalue weighted by molar-refractivity contribution is -0.707. The summed E-state index contributed by atoms with van der Waals surface area (Å²) >= 11 is 0. The summed E-state index contributed by atoms with van der Waals surface area (Å²) in [5.74, 6) is 0. The Morgan fingerprint density at radius 1 is 1.30 bits per heavy atom. The maximum atomic E-state index is 11.6. The molecule has 0 fully saturated rings. The van der Waals surface area contributed by atoms with Crippen LogP contribution in [0.25, 0.3) is 0 Å². The molecule has 1 unspecified atom stereocenters. The Bertz CT molecular complexity index is 370. The number of rotatable bonds is 10. The predicted octanol–water partition coefficient (Wildman–Crippen LogP) is 2.58. The fourth-order valence-corrected chi connectivity index (χ4v) is 1.49. The van der Waals surface area contributed by atoms with Crippen molar-refractivity contribution in [1.82, 2.24) is 5.01 Å². The molecule has 0 aliphatic rings. The van der Waals surface area contributed by atoms with E-state index >= 15 is 0 Å². The summed E-state index contributed by atoms with van der Waals surface area (Å²) in [4.78, 5) is 16.5. The van der Waals surface area contributed by atoms with Gasteiger partial charge in [0.2, 0.25) is 5.28 Å². The maximum absolute atomic E-state index is 11.6. The van der Waals surface area contributed by atoms with Gasteiger partial charge in [-0.15, -0.1) is 5.01 Å². The summed E-state index contributed by atoms with van der Waals surface area (Å²) in [6, 6.07) is 0. The highest BCUT2D eigenvalue weighted by molar-refractivity contribution is 5.60. The van der Waals surface area contributed by atoms with Crippen LogP contribution >= 0.6 is 0 Å². The number of hydrazine groups is 1. The van der Waals surface area contributed by atoms with Crippen molar-refractivity contribution in [3.05, 3.63) is 5.21 Å². The summed E-state index contributed by atoms with van der Waals surface area (Å²) in [6.45, 7) is 7.23. The maximum Gasteiger partial charge on any atom is 0.511 e. The average Bonchev–Trinajstić information content (AvgIpc) is 2.42. The monoisotopic (exact) mass is 335 g/mol. The van der Waals surface area contributed by atoms with Gasteiger partial charge in [0.05, 0.1) is 18.6 Å². The second-order valence-electron chi connectivity index (χ2n) is 6.11. The van der Waals surface area contributed by atoms with E-state index in [4.69, 9.17) is 19.4 Å². The second kappa shape index (κ2) is 10.9. The number of aliphatic hydroxyl groups is 1. The number of nitrogens with zero attached hydrogens (tertiary/aromatic N) is 3. The molecule has 0 saturated carbocycles. The first kappa shape index (κ1) is 21.2. The molecule has 1 atom stereocenters.